The van der Waals surface area contributed by atoms with E-state index < -0.39 is 0 Å². The highest BCUT2D eigenvalue weighted by Crippen LogP contribution is 2.21. The molecule has 20 heavy (non-hydrogen) atoms. The summed E-state index contributed by atoms with van der Waals surface area (Å²) in [5.74, 6) is 2.77. The predicted molar refractivity (Wildman–Crippen MR) is 81.4 cm³/mol. The summed E-state index contributed by atoms with van der Waals surface area (Å²) in [6, 6.07) is 14.4. The molecule has 0 radical (unpaired) electrons. The number of piperidine rings is 1. The molecule has 1 aromatic carbocycles. The second kappa shape index (κ2) is 6.73. The molecule has 2 aromatic rings. The van der Waals surface area contributed by atoms with E-state index in [0.29, 0.717) is 0 Å². The molecule has 1 saturated heterocycles. The lowest BCUT2D eigenvalue weighted by atomic mass is 9.98. The third kappa shape index (κ3) is 3.50. The van der Waals surface area contributed by atoms with Crippen molar-refractivity contribution < 1.29 is 4.42 Å². The van der Waals surface area contributed by atoms with Crippen molar-refractivity contribution in [3.63, 3.8) is 0 Å². The molecule has 0 amide bonds. The van der Waals surface area contributed by atoms with Gasteiger partial charge in [0.1, 0.15) is 11.5 Å². The van der Waals surface area contributed by atoms with Gasteiger partial charge in [0.05, 0.1) is 6.54 Å². The Bertz CT molecular complexity index is 515. The molecule has 106 valence electrons. The number of hydrogen-bond acceptors (Lipinski definition) is 3. The molecule has 0 atom stereocenters. The van der Waals surface area contributed by atoms with E-state index in [1.54, 1.807) is 0 Å². The van der Waals surface area contributed by atoms with E-state index >= 15 is 0 Å². The van der Waals surface area contributed by atoms with Gasteiger partial charge in [-0.1, -0.05) is 30.3 Å². The normalized spacial score (nSPS) is 16.4. The summed E-state index contributed by atoms with van der Waals surface area (Å²) in [7, 11) is 0. The van der Waals surface area contributed by atoms with Crippen molar-refractivity contribution in [1.29, 1.82) is 0 Å². The van der Waals surface area contributed by atoms with Crippen LogP contribution in [0.4, 0.5) is 0 Å². The van der Waals surface area contributed by atoms with Gasteiger partial charge < -0.3 is 15.1 Å². The van der Waals surface area contributed by atoms with Gasteiger partial charge in [-0.3, -0.25) is 0 Å². The lowest BCUT2D eigenvalue weighted by Gasteiger charge is -2.22. The summed E-state index contributed by atoms with van der Waals surface area (Å²) in [4.78, 5) is 0. The largest absolute Gasteiger partial charge is 0.460 e. The van der Waals surface area contributed by atoms with E-state index in [0.717, 1.165) is 49.2 Å². The molecule has 2 heterocycles. The summed E-state index contributed by atoms with van der Waals surface area (Å²) in [6.45, 7) is 4.22. The lowest BCUT2D eigenvalue weighted by molar-refractivity contribution is 0.350. The molecular formula is C17H22N2O. The fraction of sp³-hybridized carbons (Fsp3) is 0.412. The SMILES string of the molecule is c1ccc(-c2ccc(CNCC3CCNCC3)o2)cc1. The van der Waals surface area contributed by atoms with Crippen molar-refractivity contribution in [1.82, 2.24) is 10.6 Å². The summed E-state index contributed by atoms with van der Waals surface area (Å²) < 4.78 is 5.88. The molecule has 1 aliphatic heterocycles. The molecule has 3 nitrogen and oxygen atoms in total. The van der Waals surface area contributed by atoms with E-state index in [1.807, 2.05) is 18.2 Å². The second-order valence-electron chi connectivity index (χ2n) is 5.46. The molecule has 1 fully saturated rings. The Hall–Kier alpha value is -1.58. The molecular weight excluding hydrogens is 248 g/mol. The van der Waals surface area contributed by atoms with Gasteiger partial charge >= 0.3 is 0 Å². The van der Waals surface area contributed by atoms with E-state index in [4.69, 9.17) is 4.42 Å². The Morgan fingerprint density at radius 3 is 2.65 bits per heavy atom. The minimum absolute atomic E-state index is 0.805. The number of rotatable bonds is 5. The predicted octanol–water partition coefficient (Wildman–Crippen LogP) is 3.04. The second-order valence-corrected chi connectivity index (χ2v) is 5.46. The van der Waals surface area contributed by atoms with Gasteiger partial charge in [-0.25, -0.2) is 0 Å². The molecule has 0 bridgehead atoms. The highest BCUT2D eigenvalue weighted by molar-refractivity contribution is 5.57. The standard InChI is InChI=1S/C17H22N2O/c1-2-4-15(5-3-1)17-7-6-16(20-17)13-19-12-14-8-10-18-11-9-14/h1-7,14,18-19H,8-13H2. The van der Waals surface area contributed by atoms with Crippen molar-refractivity contribution >= 4 is 0 Å². The smallest absolute Gasteiger partial charge is 0.134 e. The Kier molecular flexibility index (Phi) is 4.51. The van der Waals surface area contributed by atoms with E-state index in [9.17, 15) is 0 Å². The zero-order valence-electron chi connectivity index (χ0n) is 11.8. The average Bonchev–Trinajstić information content (AvgIpc) is 2.98. The van der Waals surface area contributed by atoms with Crippen molar-refractivity contribution in [2.75, 3.05) is 19.6 Å². The molecule has 0 saturated carbocycles. The van der Waals surface area contributed by atoms with Crippen LogP contribution >= 0.6 is 0 Å². The van der Waals surface area contributed by atoms with Gasteiger partial charge in [0.2, 0.25) is 0 Å². The molecule has 3 heteroatoms. The number of benzene rings is 1. The van der Waals surface area contributed by atoms with E-state index in [2.05, 4.69) is 34.9 Å². The molecule has 1 aliphatic rings. The quantitative estimate of drug-likeness (QED) is 0.877. The molecule has 1 aromatic heterocycles. The van der Waals surface area contributed by atoms with Crippen molar-refractivity contribution in [2.45, 2.75) is 19.4 Å². The van der Waals surface area contributed by atoms with Crippen LogP contribution in [0.15, 0.2) is 46.9 Å². The third-order valence-corrected chi connectivity index (χ3v) is 3.91. The summed E-state index contributed by atoms with van der Waals surface area (Å²) >= 11 is 0. The zero-order chi connectivity index (χ0) is 13.6. The fourth-order valence-corrected chi connectivity index (χ4v) is 2.72. The van der Waals surface area contributed by atoms with Gasteiger partial charge in [-0.2, -0.15) is 0 Å². The van der Waals surface area contributed by atoms with Crippen LogP contribution in [-0.2, 0) is 6.54 Å². The Morgan fingerprint density at radius 1 is 1.05 bits per heavy atom. The molecule has 0 aliphatic carbocycles. The van der Waals surface area contributed by atoms with Crippen LogP contribution in [-0.4, -0.2) is 19.6 Å². The number of nitrogens with one attached hydrogen (secondary N) is 2. The molecule has 3 rings (SSSR count). The average molecular weight is 270 g/mol. The molecule has 2 N–H and O–H groups in total. The van der Waals surface area contributed by atoms with Crippen LogP contribution in [0.5, 0.6) is 0 Å². The van der Waals surface area contributed by atoms with Crippen LogP contribution in [0.25, 0.3) is 11.3 Å². The maximum Gasteiger partial charge on any atom is 0.134 e. The summed E-state index contributed by atoms with van der Waals surface area (Å²) in [5, 5.41) is 6.91. The zero-order valence-corrected chi connectivity index (χ0v) is 11.8. The number of hydrogen-bond donors (Lipinski definition) is 2. The van der Waals surface area contributed by atoms with Gasteiger partial charge in [-0.15, -0.1) is 0 Å². The van der Waals surface area contributed by atoms with Crippen LogP contribution in [0, 0.1) is 5.92 Å². The minimum Gasteiger partial charge on any atom is -0.460 e. The number of furan rings is 1. The van der Waals surface area contributed by atoms with Gasteiger partial charge in [0.15, 0.2) is 0 Å². The fourth-order valence-electron chi connectivity index (χ4n) is 2.72. The molecule has 0 spiro atoms. The van der Waals surface area contributed by atoms with Gasteiger partial charge in [-0.05, 0) is 50.5 Å². The van der Waals surface area contributed by atoms with Crippen LogP contribution < -0.4 is 10.6 Å². The first kappa shape index (κ1) is 13.4. The summed E-state index contributed by atoms with van der Waals surface area (Å²) in [6.07, 6.45) is 2.56. The summed E-state index contributed by atoms with van der Waals surface area (Å²) in [5.41, 5.74) is 1.14. The van der Waals surface area contributed by atoms with Crippen molar-refractivity contribution in [3.8, 4) is 11.3 Å². The monoisotopic (exact) mass is 270 g/mol. The van der Waals surface area contributed by atoms with Gasteiger partial charge in [0, 0.05) is 5.56 Å². The topological polar surface area (TPSA) is 37.2 Å². The first-order valence-electron chi connectivity index (χ1n) is 7.47. The maximum absolute atomic E-state index is 5.88. The van der Waals surface area contributed by atoms with E-state index in [1.165, 1.54) is 12.8 Å². The molecule has 0 unspecified atom stereocenters. The highest BCUT2D eigenvalue weighted by atomic mass is 16.3. The Balaban J connectivity index is 1.50. The third-order valence-electron chi connectivity index (χ3n) is 3.91. The highest BCUT2D eigenvalue weighted by Gasteiger charge is 2.12. The van der Waals surface area contributed by atoms with Crippen molar-refractivity contribution in [3.05, 3.63) is 48.2 Å². The van der Waals surface area contributed by atoms with Crippen LogP contribution in [0.2, 0.25) is 0 Å². The maximum atomic E-state index is 5.88. The Labute approximate surface area is 120 Å². The Morgan fingerprint density at radius 2 is 1.85 bits per heavy atom. The van der Waals surface area contributed by atoms with Crippen molar-refractivity contribution in [2.24, 2.45) is 5.92 Å². The van der Waals surface area contributed by atoms with E-state index in [-0.39, 0.29) is 0 Å². The van der Waals surface area contributed by atoms with Crippen LogP contribution in [0.1, 0.15) is 18.6 Å². The first-order chi connectivity index (χ1) is 9.92. The first-order valence-corrected chi connectivity index (χ1v) is 7.47. The minimum atomic E-state index is 0.805. The lowest BCUT2D eigenvalue weighted by Crippen LogP contribution is -2.33. The van der Waals surface area contributed by atoms with Crippen LogP contribution in [0.3, 0.4) is 0 Å². The van der Waals surface area contributed by atoms with Gasteiger partial charge in [0.25, 0.3) is 0 Å².